The fourth-order valence-corrected chi connectivity index (χ4v) is 1.09. The van der Waals surface area contributed by atoms with Crippen molar-refractivity contribution in [3.05, 3.63) is 29.3 Å². The van der Waals surface area contributed by atoms with Crippen LogP contribution in [0.1, 0.15) is 12.5 Å². The third-order valence-corrected chi connectivity index (χ3v) is 1.62. The van der Waals surface area contributed by atoms with Crippen LogP contribution in [0.4, 0.5) is 8.78 Å². The standard InChI is InChI=1S/C9H10F2O2/c1-5(12)2-6-3-7(10)4-8(11)9(6)13/h3-5,12-13H,2H2,1H3. The van der Waals surface area contributed by atoms with Crippen molar-refractivity contribution < 1.29 is 19.0 Å². The summed E-state index contributed by atoms with van der Waals surface area (Å²) in [5, 5.41) is 18.1. The van der Waals surface area contributed by atoms with Crippen molar-refractivity contribution >= 4 is 0 Å². The molecule has 0 saturated carbocycles. The molecule has 0 aliphatic heterocycles. The van der Waals surface area contributed by atoms with E-state index in [1.54, 1.807) is 0 Å². The van der Waals surface area contributed by atoms with Gasteiger partial charge in [0, 0.05) is 18.1 Å². The van der Waals surface area contributed by atoms with Crippen LogP contribution in [0.5, 0.6) is 5.75 Å². The van der Waals surface area contributed by atoms with Gasteiger partial charge in [-0.3, -0.25) is 0 Å². The summed E-state index contributed by atoms with van der Waals surface area (Å²) in [6.45, 7) is 1.47. The van der Waals surface area contributed by atoms with Gasteiger partial charge in [0.2, 0.25) is 0 Å². The topological polar surface area (TPSA) is 40.5 Å². The number of aliphatic hydroxyl groups is 1. The lowest BCUT2D eigenvalue weighted by Crippen LogP contribution is -2.05. The molecular weight excluding hydrogens is 178 g/mol. The minimum Gasteiger partial charge on any atom is -0.505 e. The average molecular weight is 188 g/mol. The largest absolute Gasteiger partial charge is 0.505 e. The van der Waals surface area contributed by atoms with Gasteiger partial charge in [-0.2, -0.15) is 0 Å². The molecule has 1 atom stereocenters. The summed E-state index contributed by atoms with van der Waals surface area (Å²) in [4.78, 5) is 0. The molecule has 2 nitrogen and oxygen atoms in total. The summed E-state index contributed by atoms with van der Waals surface area (Å²) < 4.78 is 25.3. The first kappa shape index (κ1) is 9.92. The van der Waals surface area contributed by atoms with Gasteiger partial charge in [-0.15, -0.1) is 0 Å². The van der Waals surface area contributed by atoms with Crippen LogP contribution in [0.3, 0.4) is 0 Å². The fourth-order valence-electron chi connectivity index (χ4n) is 1.09. The lowest BCUT2D eigenvalue weighted by Gasteiger charge is -2.07. The molecule has 0 aliphatic carbocycles. The first-order chi connectivity index (χ1) is 6.00. The lowest BCUT2D eigenvalue weighted by atomic mass is 10.1. The van der Waals surface area contributed by atoms with E-state index in [0.29, 0.717) is 6.07 Å². The van der Waals surface area contributed by atoms with Crippen molar-refractivity contribution in [3.63, 3.8) is 0 Å². The molecule has 1 rings (SSSR count). The Balaban J connectivity index is 3.05. The smallest absolute Gasteiger partial charge is 0.168 e. The molecule has 4 heteroatoms. The van der Waals surface area contributed by atoms with Gasteiger partial charge in [0.05, 0.1) is 6.10 Å². The zero-order valence-corrected chi connectivity index (χ0v) is 7.09. The van der Waals surface area contributed by atoms with Crippen LogP contribution in [-0.2, 0) is 6.42 Å². The van der Waals surface area contributed by atoms with Gasteiger partial charge in [0.15, 0.2) is 11.6 Å². The molecule has 0 radical (unpaired) electrons. The Morgan fingerprint density at radius 3 is 2.54 bits per heavy atom. The Bertz CT molecular complexity index is 311. The van der Waals surface area contributed by atoms with Gasteiger partial charge in [-0.05, 0) is 13.0 Å². The Labute approximate surface area is 74.4 Å². The van der Waals surface area contributed by atoms with Crippen LogP contribution in [0, 0.1) is 11.6 Å². The minimum atomic E-state index is -1.00. The van der Waals surface area contributed by atoms with Crippen LogP contribution >= 0.6 is 0 Å². The van der Waals surface area contributed by atoms with Crippen LogP contribution < -0.4 is 0 Å². The van der Waals surface area contributed by atoms with E-state index in [2.05, 4.69) is 0 Å². The normalized spacial score (nSPS) is 12.9. The van der Waals surface area contributed by atoms with Crippen LogP contribution in [0.15, 0.2) is 12.1 Å². The number of hydrogen-bond donors (Lipinski definition) is 2. The fraction of sp³-hybridized carbons (Fsp3) is 0.333. The zero-order chi connectivity index (χ0) is 10.0. The van der Waals surface area contributed by atoms with Gasteiger partial charge < -0.3 is 10.2 Å². The molecule has 0 aromatic heterocycles. The van der Waals surface area contributed by atoms with E-state index in [0.717, 1.165) is 6.07 Å². The van der Waals surface area contributed by atoms with E-state index in [1.165, 1.54) is 6.92 Å². The maximum atomic E-state index is 12.7. The van der Waals surface area contributed by atoms with Crippen molar-refractivity contribution in [2.24, 2.45) is 0 Å². The molecule has 0 bridgehead atoms. The summed E-state index contributed by atoms with van der Waals surface area (Å²) >= 11 is 0. The van der Waals surface area contributed by atoms with Gasteiger partial charge in [0.25, 0.3) is 0 Å². The summed E-state index contributed by atoms with van der Waals surface area (Å²) in [7, 11) is 0. The predicted octanol–water partition coefficient (Wildman–Crippen LogP) is 1.59. The molecule has 1 unspecified atom stereocenters. The zero-order valence-electron chi connectivity index (χ0n) is 7.09. The summed E-state index contributed by atoms with van der Waals surface area (Å²) in [6, 6.07) is 1.60. The SMILES string of the molecule is CC(O)Cc1cc(F)cc(F)c1O. The van der Waals surface area contributed by atoms with Crippen molar-refractivity contribution in [2.45, 2.75) is 19.4 Å². The molecule has 0 aliphatic rings. The first-order valence-corrected chi connectivity index (χ1v) is 3.85. The van der Waals surface area contributed by atoms with Crippen molar-refractivity contribution in [2.75, 3.05) is 0 Å². The van der Waals surface area contributed by atoms with Crippen molar-refractivity contribution in [3.8, 4) is 5.75 Å². The Morgan fingerprint density at radius 2 is 2.00 bits per heavy atom. The van der Waals surface area contributed by atoms with E-state index >= 15 is 0 Å². The molecule has 1 aromatic carbocycles. The molecule has 72 valence electrons. The third-order valence-electron chi connectivity index (χ3n) is 1.62. The van der Waals surface area contributed by atoms with E-state index in [4.69, 9.17) is 10.2 Å². The van der Waals surface area contributed by atoms with Crippen molar-refractivity contribution in [1.29, 1.82) is 0 Å². The number of phenolic OH excluding ortho intramolecular Hbond substituents is 1. The number of benzene rings is 1. The predicted molar refractivity (Wildman–Crippen MR) is 43.4 cm³/mol. The molecule has 1 aromatic rings. The minimum absolute atomic E-state index is 0.0283. The van der Waals surface area contributed by atoms with Crippen LogP contribution in [-0.4, -0.2) is 16.3 Å². The molecule has 0 heterocycles. The maximum Gasteiger partial charge on any atom is 0.168 e. The highest BCUT2D eigenvalue weighted by Crippen LogP contribution is 2.23. The highest BCUT2D eigenvalue weighted by Gasteiger charge is 2.11. The Kier molecular flexibility index (Phi) is 2.83. The number of aliphatic hydroxyl groups excluding tert-OH is 1. The third kappa shape index (κ3) is 2.39. The molecular formula is C9H10F2O2. The molecule has 0 saturated heterocycles. The van der Waals surface area contributed by atoms with E-state index < -0.39 is 23.5 Å². The molecule has 13 heavy (non-hydrogen) atoms. The monoisotopic (exact) mass is 188 g/mol. The lowest BCUT2D eigenvalue weighted by molar-refractivity contribution is 0.194. The summed E-state index contributed by atoms with van der Waals surface area (Å²) in [5.74, 6) is -2.36. The van der Waals surface area contributed by atoms with E-state index in [9.17, 15) is 8.78 Å². The highest BCUT2D eigenvalue weighted by molar-refractivity contribution is 5.34. The molecule has 0 spiro atoms. The van der Waals surface area contributed by atoms with Gasteiger partial charge in [-0.25, -0.2) is 8.78 Å². The van der Waals surface area contributed by atoms with Gasteiger partial charge >= 0.3 is 0 Å². The summed E-state index contributed by atoms with van der Waals surface area (Å²) in [6.07, 6.45) is -0.715. The average Bonchev–Trinajstić information content (AvgIpc) is 1.98. The maximum absolute atomic E-state index is 12.7. The number of phenols is 1. The van der Waals surface area contributed by atoms with Gasteiger partial charge in [0.1, 0.15) is 5.82 Å². The number of halogens is 2. The highest BCUT2D eigenvalue weighted by atomic mass is 19.1. The Morgan fingerprint density at radius 1 is 1.38 bits per heavy atom. The van der Waals surface area contributed by atoms with Crippen LogP contribution in [0.2, 0.25) is 0 Å². The molecule has 0 fully saturated rings. The second-order valence-electron chi connectivity index (χ2n) is 2.95. The van der Waals surface area contributed by atoms with E-state index in [1.807, 2.05) is 0 Å². The summed E-state index contributed by atoms with van der Waals surface area (Å²) in [5.41, 5.74) is 0.0764. The van der Waals surface area contributed by atoms with Crippen molar-refractivity contribution in [1.82, 2.24) is 0 Å². The number of rotatable bonds is 2. The molecule has 0 amide bonds. The molecule has 2 N–H and O–H groups in total. The Hall–Kier alpha value is -1.16. The first-order valence-electron chi connectivity index (χ1n) is 3.85. The number of hydrogen-bond acceptors (Lipinski definition) is 2. The second-order valence-corrected chi connectivity index (χ2v) is 2.95. The van der Waals surface area contributed by atoms with E-state index in [-0.39, 0.29) is 12.0 Å². The van der Waals surface area contributed by atoms with Gasteiger partial charge in [-0.1, -0.05) is 0 Å². The number of aromatic hydroxyl groups is 1. The second kappa shape index (κ2) is 3.70. The quantitative estimate of drug-likeness (QED) is 0.739. The van der Waals surface area contributed by atoms with Crippen LogP contribution in [0.25, 0.3) is 0 Å².